The number of nitrogens with one attached hydrogen (secondary N) is 1. The normalized spacial score (nSPS) is 11.5. The number of hydrogen-bond donors (Lipinski definition) is 1. The molecule has 0 aliphatic heterocycles. The topological polar surface area (TPSA) is 67.2 Å². The van der Waals surface area contributed by atoms with Crippen LogP contribution in [0.25, 0.3) is 10.9 Å². The first-order valence-corrected chi connectivity index (χ1v) is 8.29. The average Bonchev–Trinajstić information content (AvgIpc) is 2.63. The summed E-state index contributed by atoms with van der Waals surface area (Å²) in [6.45, 7) is -0.375. The standard InChI is InChI=1S/C19H17F3N4O2/c1-25(2)16-8-7-12(19(20,21)22)9-15(16)24-17(27)10-26-11-23-14-6-4-3-5-13(14)18(26)28/h3-9,11H,10H2,1-2H3,(H,24,27). The van der Waals surface area contributed by atoms with E-state index in [0.29, 0.717) is 16.6 Å². The molecule has 1 N–H and O–H groups in total. The van der Waals surface area contributed by atoms with E-state index in [-0.39, 0.29) is 12.2 Å². The molecule has 0 fully saturated rings. The van der Waals surface area contributed by atoms with Crippen LogP contribution in [-0.4, -0.2) is 29.6 Å². The molecule has 0 atom stereocenters. The monoisotopic (exact) mass is 390 g/mol. The van der Waals surface area contributed by atoms with Crippen molar-refractivity contribution in [3.05, 3.63) is 64.7 Å². The number of nitrogens with zero attached hydrogens (tertiary/aromatic N) is 3. The van der Waals surface area contributed by atoms with Crippen LogP contribution in [0.1, 0.15) is 5.56 Å². The van der Waals surface area contributed by atoms with Crippen molar-refractivity contribution < 1.29 is 18.0 Å². The fraction of sp³-hybridized carbons (Fsp3) is 0.211. The molecular weight excluding hydrogens is 373 g/mol. The summed E-state index contributed by atoms with van der Waals surface area (Å²) in [5, 5.41) is 2.81. The quantitative estimate of drug-likeness (QED) is 0.743. The number of anilines is 2. The number of alkyl halides is 3. The lowest BCUT2D eigenvalue weighted by atomic mass is 10.1. The molecule has 0 unspecified atom stereocenters. The second-order valence-electron chi connectivity index (χ2n) is 6.37. The molecule has 3 aromatic rings. The molecule has 146 valence electrons. The Balaban J connectivity index is 1.89. The molecule has 0 aliphatic rings. The van der Waals surface area contributed by atoms with Crippen LogP contribution in [0.2, 0.25) is 0 Å². The average molecular weight is 390 g/mol. The molecule has 1 heterocycles. The highest BCUT2D eigenvalue weighted by molar-refractivity contribution is 5.94. The van der Waals surface area contributed by atoms with Gasteiger partial charge >= 0.3 is 6.18 Å². The zero-order valence-corrected chi connectivity index (χ0v) is 15.1. The summed E-state index contributed by atoms with van der Waals surface area (Å²) in [6, 6.07) is 9.78. The predicted molar refractivity (Wildman–Crippen MR) is 100 cm³/mol. The van der Waals surface area contributed by atoms with Gasteiger partial charge in [0.05, 0.1) is 34.2 Å². The van der Waals surface area contributed by atoms with Crippen LogP contribution in [0, 0.1) is 0 Å². The number of aromatic nitrogens is 2. The second-order valence-corrected chi connectivity index (χ2v) is 6.37. The fourth-order valence-electron chi connectivity index (χ4n) is 2.77. The number of rotatable bonds is 4. The maximum atomic E-state index is 13.0. The van der Waals surface area contributed by atoms with Crippen LogP contribution in [-0.2, 0) is 17.5 Å². The number of benzene rings is 2. The lowest BCUT2D eigenvalue weighted by Gasteiger charge is -2.20. The lowest BCUT2D eigenvalue weighted by molar-refractivity contribution is -0.137. The number of halogens is 3. The second kappa shape index (κ2) is 7.34. The molecule has 0 bridgehead atoms. The zero-order valence-electron chi connectivity index (χ0n) is 15.1. The van der Waals surface area contributed by atoms with Gasteiger partial charge in [0.15, 0.2) is 0 Å². The van der Waals surface area contributed by atoms with E-state index < -0.39 is 23.2 Å². The summed E-state index contributed by atoms with van der Waals surface area (Å²) in [4.78, 5) is 30.6. The molecule has 0 saturated heterocycles. The minimum Gasteiger partial charge on any atom is -0.376 e. The van der Waals surface area contributed by atoms with Gasteiger partial charge in [-0.15, -0.1) is 0 Å². The summed E-state index contributed by atoms with van der Waals surface area (Å²) < 4.78 is 40.1. The number of carbonyl (C=O) groups excluding carboxylic acids is 1. The number of fused-ring (bicyclic) bond motifs is 1. The first-order valence-electron chi connectivity index (χ1n) is 8.29. The van der Waals surface area contributed by atoms with E-state index in [4.69, 9.17) is 0 Å². The SMILES string of the molecule is CN(C)c1ccc(C(F)(F)F)cc1NC(=O)Cn1cnc2ccccc2c1=O. The van der Waals surface area contributed by atoms with Crippen LogP contribution in [0.15, 0.2) is 53.6 Å². The van der Waals surface area contributed by atoms with Crippen molar-refractivity contribution in [2.75, 3.05) is 24.3 Å². The third-order valence-electron chi connectivity index (χ3n) is 4.13. The summed E-state index contributed by atoms with van der Waals surface area (Å²) >= 11 is 0. The molecule has 28 heavy (non-hydrogen) atoms. The minimum absolute atomic E-state index is 0.00613. The van der Waals surface area contributed by atoms with Gasteiger partial charge in [-0.2, -0.15) is 13.2 Å². The van der Waals surface area contributed by atoms with Crippen molar-refractivity contribution in [3.8, 4) is 0 Å². The molecule has 0 saturated carbocycles. The van der Waals surface area contributed by atoms with E-state index in [0.717, 1.165) is 16.7 Å². The summed E-state index contributed by atoms with van der Waals surface area (Å²) in [6.07, 6.45) is -3.30. The van der Waals surface area contributed by atoms with Gasteiger partial charge in [-0.1, -0.05) is 12.1 Å². The van der Waals surface area contributed by atoms with Gasteiger partial charge in [0.1, 0.15) is 6.54 Å². The Morgan fingerprint density at radius 2 is 1.89 bits per heavy atom. The number of amides is 1. The van der Waals surface area contributed by atoms with Crippen LogP contribution in [0.5, 0.6) is 0 Å². The maximum Gasteiger partial charge on any atom is 0.416 e. The van der Waals surface area contributed by atoms with Crippen LogP contribution >= 0.6 is 0 Å². The molecule has 1 amide bonds. The Hall–Kier alpha value is -3.36. The van der Waals surface area contributed by atoms with Gasteiger partial charge in [0, 0.05) is 14.1 Å². The van der Waals surface area contributed by atoms with Crippen LogP contribution in [0.4, 0.5) is 24.5 Å². The Bertz CT molecular complexity index is 1090. The zero-order chi connectivity index (χ0) is 20.5. The number of hydrogen-bond acceptors (Lipinski definition) is 4. The van der Waals surface area contributed by atoms with E-state index in [9.17, 15) is 22.8 Å². The molecule has 2 aromatic carbocycles. The highest BCUT2D eigenvalue weighted by atomic mass is 19.4. The largest absolute Gasteiger partial charge is 0.416 e. The van der Waals surface area contributed by atoms with E-state index in [2.05, 4.69) is 10.3 Å². The highest BCUT2D eigenvalue weighted by Gasteiger charge is 2.31. The molecule has 0 radical (unpaired) electrons. The third kappa shape index (κ3) is 3.98. The van der Waals surface area contributed by atoms with E-state index >= 15 is 0 Å². The van der Waals surface area contributed by atoms with Crippen molar-refractivity contribution in [1.82, 2.24) is 9.55 Å². The molecule has 6 nitrogen and oxygen atoms in total. The lowest BCUT2D eigenvalue weighted by Crippen LogP contribution is -2.28. The van der Waals surface area contributed by atoms with Gasteiger partial charge in [-0.3, -0.25) is 14.2 Å². The minimum atomic E-state index is -4.54. The van der Waals surface area contributed by atoms with Crippen molar-refractivity contribution in [2.24, 2.45) is 0 Å². The Labute approximate surface area is 158 Å². The first-order chi connectivity index (χ1) is 13.2. The summed E-state index contributed by atoms with van der Waals surface area (Å²) in [7, 11) is 3.30. The van der Waals surface area contributed by atoms with Crippen molar-refractivity contribution in [2.45, 2.75) is 12.7 Å². The summed E-state index contributed by atoms with van der Waals surface area (Å²) in [5.74, 6) is -0.637. The van der Waals surface area contributed by atoms with Gasteiger partial charge < -0.3 is 10.2 Å². The Kier molecular flexibility index (Phi) is 5.08. The maximum absolute atomic E-state index is 13.0. The fourth-order valence-corrected chi connectivity index (χ4v) is 2.77. The molecular formula is C19H17F3N4O2. The third-order valence-corrected chi connectivity index (χ3v) is 4.13. The van der Waals surface area contributed by atoms with E-state index in [1.807, 2.05) is 0 Å². The summed E-state index contributed by atoms with van der Waals surface area (Å²) in [5.41, 5.74) is -0.371. The van der Waals surface area contributed by atoms with Crippen molar-refractivity contribution in [3.63, 3.8) is 0 Å². The molecule has 9 heteroatoms. The highest BCUT2D eigenvalue weighted by Crippen LogP contribution is 2.34. The van der Waals surface area contributed by atoms with Crippen LogP contribution in [0.3, 0.4) is 0 Å². The number of para-hydroxylation sites is 1. The van der Waals surface area contributed by atoms with Gasteiger partial charge in [-0.25, -0.2) is 4.98 Å². The smallest absolute Gasteiger partial charge is 0.376 e. The van der Waals surface area contributed by atoms with E-state index in [1.54, 1.807) is 43.3 Å². The van der Waals surface area contributed by atoms with Gasteiger partial charge in [0.2, 0.25) is 5.91 Å². The van der Waals surface area contributed by atoms with E-state index in [1.165, 1.54) is 12.4 Å². The van der Waals surface area contributed by atoms with Gasteiger partial charge in [-0.05, 0) is 30.3 Å². The van der Waals surface area contributed by atoms with Crippen LogP contribution < -0.4 is 15.8 Å². The molecule has 0 spiro atoms. The Morgan fingerprint density at radius 1 is 1.18 bits per heavy atom. The van der Waals surface area contributed by atoms with Crippen molar-refractivity contribution in [1.29, 1.82) is 0 Å². The predicted octanol–water partition coefficient (Wildman–Crippen LogP) is 3.12. The molecule has 1 aromatic heterocycles. The number of carbonyl (C=O) groups is 1. The molecule has 0 aliphatic carbocycles. The van der Waals surface area contributed by atoms with Gasteiger partial charge in [0.25, 0.3) is 5.56 Å². The molecule has 3 rings (SSSR count). The first kappa shape index (κ1) is 19.4. The van der Waals surface area contributed by atoms with Crippen molar-refractivity contribution >= 4 is 28.2 Å². The Morgan fingerprint density at radius 3 is 2.57 bits per heavy atom.